The molecule has 4 rings (SSSR count). The van der Waals surface area contributed by atoms with E-state index in [4.69, 9.17) is 23.2 Å². The van der Waals surface area contributed by atoms with Gasteiger partial charge in [-0.15, -0.1) is 0 Å². The number of rotatable bonds is 2. The zero-order chi connectivity index (χ0) is 18.3. The van der Waals surface area contributed by atoms with E-state index in [0.29, 0.717) is 25.8 Å². The Balaban J connectivity index is 1.66. The lowest BCUT2D eigenvalue weighted by Gasteiger charge is -2.01. The van der Waals surface area contributed by atoms with Gasteiger partial charge >= 0.3 is 0 Å². The first-order chi connectivity index (χ1) is 12.5. The van der Waals surface area contributed by atoms with Crippen LogP contribution in [0.4, 0.5) is 5.69 Å². The van der Waals surface area contributed by atoms with Gasteiger partial charge in [-0.1, -0.05) is 35.3 Å². The van der Waals surface area contributed by atoms with Crippen LogP contribution >= 0.6 is 35.0 Å². The number of nitrogens with one attached hydrogen (secondary N) is 1. The predicted octanol–water partition coefficient (Wildman–Crippen LogP) is 4.77. The number of halogens is 2. The zero-order valence-electron chi connectivity index (χ0n) is 13.5. The van der Waals surface area contributed by atoms with Crippen molar-refractivity contribution in [3.05, 3.63) is 63.2 Å². The Hall–Kier alpha value is -2.28. The highest BCUT2D eigenvalue weighted by atomic mass is 35.5. The van der Waals surface area contributed by atoms with E-state index in [1.165, 1.54) is 11.8 Å². The number of aromatic nitrogens is 2. The fraction of sp³-hybridized carbons (Fsp3) is 0.0556. The van der Waals surface area contributed by atoms with Gasteiger partial charge in [0.1, 0.15) is 5.69 Å². The van der Waals surface area contributed by atoms with E-state index in [0.717, 1.165) is 16.6 Å². The SMILES string of the molecule is Cn1cnc2ccc(C=C3SC(=Nc4c(Cl)cccc4Cl)NC3=O)cc21. The Kier molecular flexibility index (Phi) is 4.48. The van der Waals surface area contributed by atoms with Gasteiger partial charge in [0, 0.05) is 7.05 Å². The number of aliphatic imine (C=N–C) groups is 1. The number of amidine groups is 1. The number of imidazole rings is 1. The van der Waals surface area contributed by atoms with Crippen LogP contribution in [0.5, 0.6) is 0 Å². The van der Waals surface area contributed by atoms with Gasteiger partial charge in [0.05, 0.1) is 32.3 Å². The van der Waals surface area contributed by atoms with E-state index in [-0.39, 0.29) is 5.91 Å². The maximum atomic E-state index is 12.3. The molecular formula is C18H12Cl2N4OS. The van der Waals surface area contributed by atoms with Crippen LogP contribution in [-0.2, 0) is 11.8 Å². The number of benzene rings is 2. The molecule has 1 amide bonds. The van der Waals surface area contributed by atoms with E-state index < -0.39 is 0 Å². The number of thioether (sulfide) groups is 1. The average molecular weight is 403 g/mol. The second-order valence-corrected chi connectivity index (χ2v) is 7.50. The van der Waals surface area contributed by atoms with Crippen molar-refractivity contribution in [2.24, 2.45) is 12.0 Å². The van der Waals surface area contributed by atoms with Crippen LogP contribution in [0.25, 0.3) is 17.1 Å². The largest absolute Gasteiger partial charge is 0.334 e. The molecule has 2 heterocycles. The number of carbonyl (C=O) groups is 1. The Bertz CT molecular complexity index is 1080. The quantitative estimate of drug-likeness (QED) is 0.627. The number of hydrogen-bond acceptors (Lipinski definition) is 4. The average Bonchev–Trinajstić information content (AvgIpc) is 3.14. The number of carbonyl (C=O) groups excluding carboxylic acids is 1. The molecule has 0 saturated carbocycles. The van der Waals surface area contributed by atoms with Crippen LogP contribution < -0.4 is 5.32 Å². The van der Waals surface area contributed by atoms with Gasteiger partial charge in [-0.2, -0.15) is 0 Å². The van der Waals surface area contributed by atoms with Crippen LogP contribution in [0, 0.1) is 0 Å². The smallest absolute Gasteiger partial charge is 0.264 e. The molecule has 26 heavy (non-hydrogen) atoms. The molecule has 0 atom stereocenters. The van der Waals surface area contributed by atoms with Crippen molar-refractivity contribution in [3.8, 4) is 0 Å². The summed E-state index contributed by atoms with van der Waals surface area (Å²) in [5.74, 6) is -0.206. The fourth-order valence-electron chi connectivity index (χ4n) is 2.56. The van der Waals surface area contributed by atoms with Crippen LogP contribution in [0.15, 0.2) is 52.6 Å². The van der Waals surface area contributed by atoms with Crippen molar-refractivity contribution in [3.63, 3.8) is 0 Å². The highest BCUT2D eigenvalue weighted by molar-refractivity contribution is 8.18. The van der Waals surface area contributed by atoms with Crippen molar-refractivity contribution in [2.45, 2.75) is 0 Å². The summed E-state index contributed by atoms with van der Waals surface area (Å²) in [7, 11) is 1.93. The standard InChI is InChI=1S/C18H12Cl2N4OS/c1-24-9-21-13-6-5-10(7-14(13)24)8-15-17(25)23-18(26-15)22-16-11(19)3-2-4-12(16)20/h2-9H,1H3,(H,22,23,25). The summed E-state index contributed by atoms with van der Waals surface area (Å²) in [6.07, 6.45) is 3.58. The van der Waals surface area contributed by atoms with Gasteiger partial charge < -0.3 is 9.88 Å². The van der Waals surface area contributed by atoms with E-state index >= 15 is 0 Å². The number of aryl methyl sites for hydroxylation is 1. The molecule has 0 spiro atoms. The predicted molar refractivity (Wildman–Crippen MR) is 108 cm³/mol. The molecule has 130 valence electrons. The van der Waals surface area contributed by atoms with Crippen molar-refractivity contribution in [1.29, 1.82) is 0 Å². The van der Waals surface area contributed by atoms with E-state index in [2.05, 4.69) is 15.3 Å². The van der Waals surface area contributed by atoms with E-state index in [1.807, 2.05) is 35.9 Å². The normalized spacial score (nSPS) is 17.4. The molecule has 1 fully saturated rings. The van der Waals surface area contributed by atoms with Gasteiger partial charge in [0.25, 0.3) is 5.91 Å². The first-order valence-electron chi connectivity index (χ1n) is 7.66. The molecule has 3 aromatic rings. The van der Waals surface area contributed by atoms with Crippen molar-refractivity contribution < 1.29 is 4.79 Å². The number of hydrogen-bond donors (Lipinski definition) is 1. The fourth-order valence-corrected chi connectivity index (χ4v) is 3.87. The highest BCUT2D eigenvalue weighted by Gasteiger charge is 2.24. The van der Waals surface area contributed by atoms with Crippen LogP contribution in [0.3, 0.4) is 0 Å². The maximum Gasteiger partial charge on any atom is 0.264 e. The Morgan fingerprint density at radius 3 is 2.77 bits per heavy atom. The third kappa shape index (κ3) is 3.23. The zero-order valence-corrected chi connectivity index (χ0v) is 15.9. The first-order valence-corrected chi connectivity index (χ1v) is 9.23. The van der Waals surface area contributed by atoms with E-state index in [1.54, 1.807) is 24.5 Å². The molecule has 1 N–H and O–H groups in total. The lowest BCUT2D eigenvalue weighted by Crippen LogP contribution is -2.19. The third-order valence-corrected chi connectivity index (χ3v) is 5.37. The lowest BCUT2D eigenvalue weighted by molar-refractivity contribution is -0.115. The van der Waals surface area contributed by atoms with Crippen LogP contribution in [0.2, 0.25) is 10.0 Å². The van der Waals surface area contributed by atoms with Crippen molar-refractivity contribution in [1.82, 2.24) is 14.9 Å². The van der Waals surface area contributed by atoms with Gasteiger partial charge in [-0.25, -0.2) is 9.98 Å². The van der Waals surface area contributed by atoms with Gasteiger partial charge in [-0.3, -0.25) is 4.79 Å². The lowest BCUT2D eigenvalue weighted by atomic mass is 10.2. The summed E-state index contributed by atoms with van der Waals surface area (Å²) in [4.78, 5) is 21.5. The summed E-state index contributed by atoms with van der Waals surface area (Å²) < 4.78 is 1.94. The summed E-state index contributed by atoms with van der Waals surface area (Å²) in [5, 5.41) is 4.04. The van der Waals surface area contributed by atoms with Gasteiger partial charge in [-0.05, 0) is 47.7 Å². The summed E-state index contributed by atoms with van der Waals surface area (Å²) in [6.45, 7) is 0. The second-order valence-electron chi connectivity index (χ2n) is 5.66. The highest BCUT2D eigenvalue weighted by Crippen LogP contribution is 2.35. The topological polar surface area (TPSA) is 59.3 Å². The first kappa shape index (κ1) is 17.1. The van der Waals surface area contributed by atoms with Gasteiger partial charge in [0.2, 0.25) is 0 Å². The Morgan fingerprint density at radius 1 is 1.23 bits per heavy atom. The molecule has 2 aromatic carbocycles. The minimum atomic E-state index is -0.206. The molecule has 1 aliphatic heterocycles. The molecule has 8 heteroatoms. The van der Waals surface area contributed by atoms with Crippen LogP contribution in [-0.4, -0.2) is 20.6 Å². The Morgan fingerprint density at radius 2 is 2.00 bits per heavy atom. The summed E-state index contributed by atoms with van der Waals surface area (Å²) in [6, 6.07) is 11.0. The molecule has 0 radical (unpaired) electrons. The molecular weight excluding hydrogens is 391 g/mol. The summed E-state index contributed by atoms with van der Waals surface area (Å²) in [5.41, 5.74) is 3.26. The summed E-state index contributed by atoms with van der Waals surface area (Å²) >= 11 is 13.5. The van der Waals surface area contributed by atoms with Crippen molar-refractivity contribution in [2.75, 3.05) is 0 Å². The third-order valence-electron chi connectivity index (χ3n) is 3.85. The minimum Gasteiger partial charge on any atom is -0.334 e. The number of fused-ring (bicyclic) bond motifs is 1. The minimum absolute atomic E-state index is 0.206. The number of para-hydroxylation sites is 1. The molecule has 1 aliphatic rings. The molecule has 0 bridgehead atoms. The molecule has 1 aromatic heterocycles. The molecule has 0 unspecified atom stereocenters. The number of nitrogens with zero attached hydrogens (tertiary/aromatic N) is 3. The molecule has 0 aliphatic carbocycles. The molecule has 5 nitrogen and oxygen atoms in total. The van der Waals surface area contributed by atoms with Gasteiger partial charge in [0.15, 0.2) is 5.17 Å². The maximum absolute atomic E-state index is 12.3. The Labute approximate surface area is 163 Å². The van der Waals surface area contributed by atoms with E-state index in [9.17, 15) is 4.79 Å². The molecule has 1 saturated heterocycles. The van der Waals surface area contributed by atoms with Crippen molar-refractivity contribution >= 4 is 68.8 Å². The second kappa shape index (κ2) is 6.79. The number of amides is 1. The van der Waals surface area contributed by atoms with Crippen LogP contribution in [0.1, 0.15) is 5.56 Å². The monoisotopic (exact) mass is 402 g/mol.